The second-order valence-corrected chi connectivity index (χ2v) is 48.6. The fraction of sp³-hybridized carbons (Fsp3) is 0.238. The first-order valence-corrected chi connectivity index (χ1v) is 24.8. The molecule has 2 aromatic carbocycles. The minimum absolute atomic E-state index is 0. The Morgan fingerprint density at radius 2 is 1.12 bits per heavy atom. The molecule has 0 saturated carbocycles. The Morgan fingerprint density at radius 1 is 0.731 bits per heavy atom. The van der Waals surface area contributed by atoms with Gasteiger partial charge in [0.2, 0.25) is 0 Å². The van der Waals surface area contributed by atoms with Crippen molar-refractivity contribution in [3.63, 3.8) is 0 Å². The summed E-state index contributed by atoms with van der Waals surface area (Å²) in [6, 6.07) is 18.2. The molecule has 2 atom stereocenters. The molecule has 0 amide bonds. The third-order valence-electron chi connectivity index (χ3n) is 6.10. The van der Waals surface area contributed by atoms with Crippen LogP contribution in [0.2, 0.25) is 19.6 Å². The molecule has 0 bridgehead atoms. The van der Waals surface area contributed by atoms with Crippen molar-refractivity contribution in [1.29, 1.82) is 0 Å². The molecule has 2 aliphatic carbocycles. The number of halogens is 2. The van der Waals surface area contributed by atoms with Gasteiger partial charge in [0.15, 0.2) is 0 Å². The van der Waals surface area contributed by atoms with Gasteiger partial charge in [0.25, 0.3) is 0 Å². The summed E-state index contributed by atoms with van der Waals surface area (Å²) in [5.41, 5.74) is 6.15. The van der Waals surface area contributed by atoms with Crippen LogP contribution in [0.4, 0.5) is 0 Å². The summed E-state index contributed by atoms with van der Waals surface area (Å²) in [5, 5.41) is -1.26. The Bertz CT molecular complexity index is 847. The van der Waals surface area contributed by atoms with E-state index < -0.39 is 23.2 Å². The van der Waals surface area contributed by atoms with E-state index in [1.165, 1.54) is 11.1 Å². The fourth-order valence-electron chi connectivity index (χ4n) is 4.52. The molecule has 0 spiro atoms. The zero-order chi connectivity index (χ0) is 16.9. The van der Waals surface area contributed by atoms with Crippen LogP contribution in [0.5, 0.6) is 0 Å². The molecule has 0 radical (unpaired) electrons. The maximum atomic E-state index is 2.64. The molecule has 2 aromatic rings. The van der Waals surface area contributed by atoms with Gasteiger partial charge < -0.3 is 0 Å². The van der Waals surface area contributed by atoms with Crippen molar-refractivity contribution in [2.75, 3.05) is 0 Å². The maximum Gasteiger partial charge on any atom is -0.147 e. The molecule has 2 aliphatic rings. The largest absolute Gasteiger partial charge is 0.147 e. The van der Waals surface area contributed by atoms with Gasteiger partial charge in [0.1, 0.15) is 0 Å². The van der Waals surface area contributed by atoms with Gasteiger partial charge in [-0.3, -0.25) is 0 Å². The SMILES string of the molecule is C[Si](C)(C)[Zr](=[SiH2])([CH]1C=Cc2ccccc21)[CH]1C=Cc2ccccc21.Cl.Cl. The molecule has 0 aliphatic heterocycles. The first kappa shape index (κ1) is 22.1. The smallest absolute Gasteiger partial charge is 0.147 e. The summed E-state index contributed by atoms with van der Waals surface area (Å²) >= 11 is -2.55. The van der Waals surface area contributed by atoms with Crippen LogP contribution in [-0.4, -0.2) is 12.1 Å². The molecular weight excluding hydrogens is 471 g/mol. The average molecular weight is 498 g/mol. The topological polar surface area (TPSA) is 0 Å². The van der Waals surface area contributed by atoms with E-state index in [1.54, 1.807) is 11.1 Å². The molecule has 26 heavy (non-hydrogen) atoms. The molecule has 0 fully saturated rings. The summed E-state index contributed by atoms with van der Waals surface area (Å²) in [7, 11) is 0. The molecule has 0 heterocycles. The summed E-state index contributed by atoms with van der Waals surface area (Å²) in [5.74, 6) is 0. The van der Waals surface area contributed by atoms with Gasteiger partial charge in [-0.2, -0.15) is 0 Å². The number of hydrogen-bond acceptors (Lipinski definition) is 0. The van der Waals surface area contributed by atoms with Crippen molar-refractivity contribution in [3.8, 4) is 0 Å². The van der Waals surface area contributed by atoms with Crippen molar-refractivity contribution >= 4 is 49.0 Å². The summed E-state index contributed by atoms with van der Waals surface area (Å²) in [6.45, 7) is 10.4. The van der Waals surface area contributed by atoms with E-state index >= 15 is 0 Å². The van der Waals surface area contributed by atoms with Crippen LogP contribution >= 0.6 is 24.8 Å². The van der Waals surface area contributed by atoms with E-state index in [0.29, 0.717) is 0 Å². The zero-order valence-electron chi connectivity index (χ0n) is 15.6. The van der Waals surface area contributed by atoms with Gasteiger partial charge in [-0.25, -0.2) is 0 Å². The van der Waals surface area contributed by atoms with Crippen LogP contribution in [-0.2, 0) is 18.0 Å². The predicted molar refractivity (Wildman–Crippen MR) is 123 cm³/mol. The van der Waals surface area contributed by atoms with Gasteiger partial charge in [0.05, 0.1) is 0 Å². The van der Waals surface area contributed by atoms with Gasteiger partial charge in [-0.05, 0) is 0 Å². The van der Waals surface area contributed by atoms with Crippen LogP contribution < -0.4 is 0 Å². The predicted octanol–water partition coefficient (Wildman–Crippen LogP) is 5.90. The van der Waals surface area contributed by atoms with E-state index in [2.05, 4.69) is 99.4 Å². The molecule has 0 N–H and O–H groups in total. The van der Waals surface area contributed by atoms with Gasteiger partial charge in [0, 0.05) is 0 Å². The number of benzene rings is 2. The number of rotatable bonds is 3. The Kier molecular flexibility index (Phi) is 6.85. The minimum Gasteiger partial charge on any atom is -0.147 e. The maximum absolute atomic E-state index is 2.64. The standard InChI is InChI=1S/2C9H7.C3H9Si.2ClH.H2Si.Zr/c2*1-2-5-9-7-3-6-8(9)4-1;1-4(2)3;;;;/h2*1-7H;1-3H3;2*1H;1H2;. The molecule has 137 valence electrons. The second-order valence-electron chi connectivity index (χ2n) is 8.22. The monoisotopic (exact) mass is 495 g/mol. The molecule has 5 heteroatoms. The van der Waals surface area contributed by atoms with Crippen molar-refractivity contribution in [3.05, 3.63) is 82.9 Å². The van der Waals surface area contributed by atoms with Crippen LogP contribution in [0, 0.1) is 0 Å². The van der Waals surface area contributed by atoms with Crippen LogP contribution in [0.25, 0.3) is 12.2 Å². The number of fused-ring (bicyclic) bond motifs is 2. The van der Waals surface area contributed by atoms with E-state index in [9.17, 15) is 0 Å². The zero-order valence-corrected chi connectivity index (χ0v) is 22.1. The Labute approximate surface area is 175 Å². The van der Waals surface area contributed by atoms with Crippen LogP contribution in [0.3, 0.4) is 0 Å². The van der Waals surface area contributed by atoms with E-state index in [4.69, 9.17) is 0 Å². The van der Waals surface area contributed by atoms with Crippen molar-refractivity contribution in [2.24, 2.45) is 0 Å². The van der Waals surface area contributed by atoms with Gasteiger partial charge >= 0.3 is 152 Å². The fourth-order valence-corrected chi connectivity index (χ4v) is 34.5. The number of allylic oxidation sites excluding steroid dienone is 2. The van der Waals surface area contributed by atoms with Crippen LogP contribution in [0.15, 0.2) is 60.7 Å². The van der Waals surface area contributed by atoms with E-state index in [-0.39, 0.29) is 24.8 Å². The normalized spacial score (nSPS) is 22.0. The summed E-state index contributed by atoms with van der Waals surface area (Å²) in [4.78, 5) is 0. The molecule has 0 nitrogen and oxygen atoms in total. The van der Waals surface area contributed by atoms with E-state index in [0.717, 1.165) is 7.25 Å². The first-order chi connectivity index (χ1) is 11.4. The van der Waals surface area contributed by atoms with E-state index in [1.807, 2.05) is 0 Å². The summed E-state index contributed by atoms with van der Waals surface area (Å²) in [6.07, 6.45) is 9.93. The molecule has 0 saturated heterocycles. The quantitative estimate of drug-likeness (QED) is 0.463. The third kappa shape index (κ3) is 3.35. The molecule has 4 rings (SSSR count). The number of hydrogen-bond donors (Lipinski definition) is 0. The Morgan fingerprint density at radius 3 is 1.50 bits per heavy atom. The van der Waals surface area contributed by atoms with Gasteiger partial charge in [-0.1, -0.05) is 0 Å². The molecule has 0 aromatic heterocycles. The molecule has 2 unspecified atom stereocenters. The second kappa shape index (κ2) is 8.05. The van der Waals surface area contributed by atoms with Crippen molar-refractivity contribution in [2.45, 2.75) is 26.9 Å². The average Bonchev–Trinajstić information content (AvgIpc) is 3.18. The minimum atomic E-state index is -2.55. The Balaban J connectivity index is 0.00000121. The first-order valence-electron chi connectivity index (χ1n) is 8.82. The van der Waals surface area contributed by atoms with Crippen molar-refractivity contribution < 1.29 is 18.0 Å². The van der Waals surface area contributed by atoms with Crippen LogP contribution in [0.1, 0.15) is 29.5 Å². The van der Waals surface area contributed by atoms with Gasteiger partial charge in [-0.15, -0.1) is 24.8 Å². The third-order valence-corrected chi connectivity index (χ3v) is 65.1. The van der Waals surface area contributed by atoms with Crippen molar-refractivity contribution in [1.82, 2.24) is 0 Å². The summed E-state index contributed by atoms with van der Waals surface area (Å²) < 4.78 is 1.45. The molecular formula is C21H27Cl2Si2Zr. The Hall–Kier alpha value is -0.183.